The molecule has 1 fully saturated rings. The highest BCUT2D eigenvalue weighted by molar-refractivity contribution is 5.99. The van der Waals surface area contributed by atoms with E-state index >= 15 is 0 Å². The lowest BCUT2D eigenvalue weighted by Crippen LogP contribution is -2.62. The smallest absolute Gasteiger partial charge is 0.290 e. The minimum atomic E-state index is -1.15. The number of fused-ring (bicyclic) bond motifs is 2. The summed E-state index contributed by atoms with van der Waals surface area (Å²) in [7, 11) is 0. The first kappa shape index (κ1) is 27.2. The highest BCUT2D eigenvalue weighted by Gasteiger charge is 2.47. The zero-order valence-corrected chi connectivity index (χ0v) is 22.8. The minimum absolute atomic E-state index is 0.0782. The molecule has 0 N–H and O–H groups in total. The van der Waals surface area contributed by atoms with Gasteiger partial charge in [0.25, 0.3) is 11.8 Å². The van der Waals surface area contributed by atoms with Crippen molar-refractivity contribution >= 4 is 22.8 Å². The zero-order valence-electron chi connectivity index (χ0n) is 22.8. The lowest BCUT2D eigenvalue weighted by Gasteiger charge is -2.44. The van der Waals surface area contributed by atoms with Crippen molar-refractivity contribution in [3.8, 4) is 5.75 Å². The molecule has 8 heteroatoms. The molecule has 3 aromatic rings. The maximum Gasteiger partial charge on any atom is 0.290 e. The van der Waals surface area contributed by atoms with Crippen LogP contribution in [-0.2, 0) is 16.0 Å². The second-order valence-electron chi connectivity index (χ2n) is 10.6. The molecule has 3 heterocycles. The molecule has 39 heavy (non-hydrogen) atoms. The molecule has 0 aliphatic carbocycles. The molecule has 2 aliphatic heterocycles. The summed E-state index contributed by atoms with van der Waals surface area (Å²) in [5.41, 5.74) is 0.688. The standard InChI is InChI=1S/C31H37FN2O5/c1-3-4-16-33-17-19-37-26-14-6-5-10-23(26)11-7-8-15-31(30(33)36)21-34(18-20-38-31)29(35)27-22(2)24-12-9-13-25(32)28(24)39-27/h5-6,9-10,12-14H,3-4,7-8,11,15-21H2,1-2H3. The molecule has 208 valence electrons. The van der Waals surface area contributed by atoms with E-state index in [4.69, 9.17) is 13.9 Å². The van der Waals surface area contributed by atoms with Crippen LogP contribution in [0.1, 0.15) is 60.7 Å². The van der Waals surface area contributed by atoms with Gasteiger partial charge in [0.2, 0.25) is 0 Å². The highest BCUT2D eigenvalue weighted by atomic mass is 19.1. The summed E-state index contributed by atoms with van der Waals surface area (Å²) in [6.45, 7) is 5.98. The van der Waals surface area contributed by atoms with Crippen molar-refractivity contribution in [2.24, 2.45) is 0 Å². The second kappa shape index (κ2) is 11.8. The number of para-hydroxylation sites is 2. The number of hydrogen-bond acceptors (Lipinski definition) is 5. The Labute approximate surface area is 228 Å². The summed E-state index contributed by atoms with van der Waals surface area (Å²) in [6.07, 6.45) is 4.79. The van der Waals surface area contributed by atoms with Gasteiger partial charge in [0, 0.05) is 24.0 Å². The van der Waals surface area contributed by atoms with Gasteiger partial charge < -0.3 is 23.7 Å². The highest BCUT2D eigenvalue weighted by Crippen LogP contribution is 2.33. The fourth-order valence-electron chi connectivity index (χ4n) is 5.70. The maximum atomic E-state index is 14.4. The molecule has 2 aromatic carbocycles. The van der Waals surface area contributed by atoms with Crippen molar-refractivity contribution in [2.75, 3.05) is 39.4 Å². The lowest BCUT2D eigenvalue weighted by atomic mass is 9.90. The van der Waals surface area contributed by atoms with Crippen molar-refractivity contribution in [1.82, 2.24) is 9.80 Å². The van der Waals surface area contributed by atoms with E-state index < -0.39 is 11.4 Å². The fraction of sp³-hybridized carbons (Fsp3) is 0.484. The molecule has 5 rings (SSSR count). The number of unbranched alkanes of at least 4 members (excludes halogenated alkanes) is 1. The molecule has 1 spiro atoms. The van der Waals surface area contributed by atoms with Crippen LogP contribution in [0.25, 0.3) is 11.0 Å². The number of aryl methyl sites for hydroxylation is 2. The molecular formula is C31H37FN2O5. The monoisotopic (exact) mass is 536 g/mol. The average molecular weight is 537 g/mol. The van der Waals surface area contributed by atoms with Crippen LogP contribution in [0.3, 0.4) is 0 Å². The Morgan fingerprint density at radius 1 is 1.08 bits per heavy atom. The number of rotatable bonds is 4. The van der Waals surface area contributed by atoms with E-state index in [0.29, 0.717) is 43.6 Å². The first-order valence-electron chi connectivity index (χ1n) is 14.0. The molecule has 7 nitrogen and oxygen atoms in total. The molecule has 0 radical (unpaired) electrons. The van der Waals surface area contributed by atoms with Crippen LogP contribution in [0.4, 0.5) is 4.39 Å². The Kier molecular flexibility index (Phi) is 8.21. The van der Waals surface area contributed by atoms with Crippen LogP contribution in [-0.4, -0.2) is 66.6 Å². The maximum absolute atomic E-state index is 14.4. The number of benzene rings is 2. The number of hydrogen-bond donors (Lipinski definition) is 0. The summed E-state index contributed by atoms with van der Waals surface area (Å²) in [5.74, 6) is 0.0397. The summed E-state index contributed by atoms with van der Waals surface area (Å²) in [5, 5.41) is 0.578. The van der Waals surface area contributed by atoms with Crippen molar-refractivity contribution in [3.05, 3.63) is 65.2 Å². The molecular weight excluding hydrogens is 499 g/mol. The molecule has 1 atom stereocenters. The molecule has 2 aliphatic rings. The largest absolute Gasteiger partial charge is 0.491 e. The third-order valence-electron chi connectivity index (χ3n) is 7.91. The minimum Gasteiger partial charge on any atom is -0.491 e. The van der Waals surface area contributed by atoms with Gasteiger partial charge in [-0.15, -0.1) is 0 Å². The Balaban J connectivity index is 1.43. The quantitative estimate of drug-likeness (QED) is 0.439. The normalized spacial score (nSPS) is 20.8. The first-order chi connectivity index (χ1) is 18.9. The molecule has 2 amide bonds. The summed E-state index contributed by atoms with van der Waals surface area (Å²) in [4.78, 5) is 31.4. The summed E-state index contributed by atoms with van der Waals surface area (Å²) in [6, 6.07) is 12.7. The van der Waals surface area contributed by atoms with E-state index in [1.165, 1.54) is 6.07 Å². The second-order valence-corrected chi connectivity index (χ2v) is 10.6. The predicted molar refractivity (Wildman–Crippen MR) is 146 cm³/mol. The number of furan rings is 1. The Hall–Kier alpha value is -3.39. The van der Waals surface area contributed by atoms with Crippen LogP contribution >= 0.6 is 0 Å². The van der Waals surface area contributed by atoms with Gasteiger partial charge in [-0.3, -0.25) is 9.59 Å². The average Bonchev–Trinajstić information content (AvgIpc) is 3.30. The third-order valence-corrected chi connectivity index (χ3v) is 7.91. The number of halogens is 1. The van der Waals surface area contributed by atoms with E-state index in [9.17, 15) is 14.0 Å². The van der Waals surface area contributed by atoms with Gasteiger partial charge in [-0.25, -0.2) is 4.39 Å². The lowest BCUT2D eigenvalue weighted by molar-refractivity contribution is -0.170. The molecule has 1 saturated heterocycles. The predicted octanol–water partition coefficient (Wildman–Crippen LogP) is 5.53. The van der Waals surface area contributed by atoms with Crippen molar-refractivity contribution in [3.63, 3.8) is 0 Å². The van der Waals surface area contributed by atoms with E-state index in [2.05, 4.69) is 13.0 Å². The Bertz CT molecular complexity index is 1340. The van der Waals surface area contributed by atoms with Crippen molar-refractivity contribution in [2.45, 2.75) is 58.0 Å². The molecule has 0 bridgehead atoms. The van der Waals surface area contributed by atoms with E-state index in [-0.39, 0.29) is 36.3 Å². The van der Waals surface area contributed by atoms with E-state index in [0.717, 1.165) is 43.4 Å². The van der Waals surface area contributed by atoms with Crippen LogP contribution in [0.15, 0.2) is 46.9 Å². The summed E-state index contributed by atoms with van der Waals surface area (Å²) < 4.78 is 32.6. The van der Waals surface area contributed by atoms with Gasteiger partial charge >= 0.3 is 0 Å². The number of carbonyl (C=O) groups is 2. The van der Waals surface area contributed by atoms with Gasteiger partial charge in [-0.2, -0.15) is 0 Å². The molecule has 1 aromatic heterocycles. The van der Waals surface area contributed by atoms with Crippen LogP contribution in [0, 0.1) is 12.7 Å². The van der Waals surface area contributed by atoms with Gasteiger partial charge in [0.05, 0.1) is 19.7 Å². The topological polar surface area (TPSA) is 72.2 Å². The van der Waals surface area contributed by atoms with E-state index in [1.807, 2.05) is 23.1 Å². The number of carbonyl (C=O) groups excluding carboxylic acids is 2. The number of amides is 2. The zero-order chi connectivity index (χ0) is 27.4. The molecule has 1 unspecified atom stereocenters. The van der Waals surface area contributed by atoms with Crippen LogP contribution in [0.2, 0.25) is 0 Å². The number of ether oxygens (including phenoxy) is 2. The van der Waals surface area contributed by atoms with Crippen molar-refractivity contribution < 1.29 is 27.9 Å². The van der Waals surface area contributed by atoms with Crippen LogP contribution in [0.5, 0.6) is 5.75 Å². The van der Waals surface area contributed by atoms with E-state index in [1.54, 1.807) is 24.0 Å². The SMILES string of the molecule is CCCCN1CCOc2ccccc2CCCCC2(CN(C(=O)c3oc4c(F)cccc4c3C)CCO2)C1=O. The van der Waals surface area contributed by atoms with Gasteiger partial charge in [-0.05, 0) is 56.7 Å². The van der Waals surface area contributed by atoms with Crippen LogP contribution < -0.4 is 4.74 Å². The Morgan fingerprint density at radius 2 is 1.92 bits per heavy atom. The van der Waals surface area contributed by atoms with Gasteiger partial charge in [0.1, 0.15) is 12.4 Å². The number of nitrogens with zero attached hydrogens (tertiary/aromatic N) is 2. The first-order valence-corrected chi connectivity index (χ1v) is 14.0. The fourth-order valence-corrected chi connectivity index (χ4v) is 5.70. The molecule has 0 saturated carbocycles. The van der Waals surface area contributed by atoms with Crippen molar-refractivity contribution in [1.29, 1.82) is 0 Å². The Morgan fingerprint density at radius 3 is 2.74 bits per heavy atom. The third kappa shape index (κ3) is 5.53. The van der Waals surface area contributed by atoms with Gasteiger partial charge in [-0.1, -0.05) is 43.7 Å². The number of morpholine rings is 1. The summed E-state index contributed by atoms with van der Waals surface area (Å²) >= 11 is 0. The van der Waals surface area contributed by atoms with Gasteiger partial charge in [0.15, 0.2) is 22.8 Å².